The molecule has 2 amide bonds. The molecule has 1 aromatic rings. The van der Waals surface area contributed by atoms with E-state index in [1.165, 1.54) is 32.4 Å². The third-order valence-electron chi connectivity index (χ3n) is 5.08. The minimum absolute atomic E-state index is 0.0238. The van der Waals surface area contributed by atoms with E-state index in [0.717, 1.165) is 31.5 Å². The summed E-state index contributed by atoms with van der Waals surface area (Å²) in [5, 5.41) is 2.99. The van der Waals surface area contributed by atoms with Crippen molar-refractivity contribution < 1.29 is 23.0 Å². The van der Waals surface area contributed by atoms with E-state index >= 15 is 0 Å². The number of amides is 2. The van der Waals surface area contributed by atoms with E-state index < -0.39 is 6.61 Å². The van der Waals surface area contributed by atoms with Gasteiger partial charge in [0.15, 0.2) is 11.5 Å². The third kappa shape index (κ3) is 6.26. The molecular formula is C20H30F2N2O3. The molecule has 0 spiro atoms. The van der Waals surface area contributed by atoms with Crippen molar-refractivity contribution in [3.8, 4) is 11.5 Å². The van der Waals surface area contributed by atoms with E-state index in [0.29, 0.717) is 5.92 Å². The van der Waals surface area contributed by atoms with Crippen LogP contribution in [0.4, 0.5) is 13.6 Å². The smallest absolute Gasteiger partial charge is 0.387 e. The highest BCUT2D eigenvalue weighted by molar-refractivity contribution is 5.74. The number of halogens is 2. The first kappa shape index (κ1) is 21.3. The van der Waals surface area contributed by atoms with Crippen LogP contribution in [0.3, 0.4) is 0 Å². The monoisotopic (exact) mass is 384 g/mol. The minimum atomic E-state index is -2.92. The largest absolute Gasteiger partial charge is 0.493 e. The van der Waals surface area contributed by atoms with Crippen LogP contribution in [0, 0.1) is 5.92 Å². The molecule has 1 N–H and O–H groups in total. The van der Waals surface area contributed by atoms with Crippen molar-refractivity contribution in [2.45, 2.75) is 58.6 Å². The Bertz CT molecular complexity index is 613. The molecule has 1 aromatic carbocycles. The molecule has 0 aliphatic carbocycles. The van der Waals surface area contributed by atoms with Gasteiger partial charge in [-0.3, -0.25) is 0 Å². The van der Waals surface area contributed by atoms with Crippen LogP contribution >= 0.6 is 0 Å². The van der Waals surface area contributed by atoms with Gasteiger partial charge in [0.1, 0.15) is 0 Å². The molecule has 7 heteroatoms. The van der Waals surface area contributed by atoms with Crippen LogP contribution in [0.2, 0.25) is 0 Å². The summed E-state index contributed by atoms with van der Waals surface area (Å²) in [6.07, 6.45) is 5.65. The number of benzene rings is 1. The predicted octanol–water partition coefficient (Wildman–Crippen LogP) is 4.97. The van der Waals surface area contributed by atoms with Crippen molar-refractivity contribution >= 4 is 6.03 Å². The Morgan fingerprint density at radius 1 is 1.30 bits per heavy atom. The summed E-state index contributed by atoms with van der Waals surface area (Å²) in [5.41, 5.74) is 0.764. The van der Waals surface area contributed by atoms with Crippen LogP contribution in [-0.4, -0.2) is 37.7 Å². The zero-order valence-electron chi connectivity index (χ0n) is 16.3. The summed E-state index contributed by atoms with van der Waals surface area (Å²) in [5.74, 6) is 0.896. The number of hydrogen-bond donors (Lipinski definition) is 1. The Morgan fingerprint density at radius 2 is 2.07 bits per heavy atom. The standard InChI is InChI=1S/C20H30F2N2O3/c1-4-6-15-7-5-11-24(12-10-15)20(25)23-14(2)16-8-9-17(27-19(21)22)18(13-16)26-3/h8-9,13-15,19H,4-7,10-12H2,1-3H3,(H,23,25)/t14-,15-/m1/s1. The molecule has 5 nitrogen and oxygen atoms in total. The quantitative estimate of drug-likeness (QED) is 0.722. The highest BCUT2D eigenvalue weighted by atomic mass is 19.3. The Hall–Kier alpha value is -2.05. The van der Waals surface area contributed by atoms with Gasteiger partial charge in [-0.2, -0.15) is 8.78 Å². The number of carbonyl (C=O) groups excluding carboxylic acids is 1. The van der Waals surface area contributed by atoms with Crippen molar-refractivity contribution in [2.75, 3.05) is 20.2 Å². The zero-order valence-corrected chi connectivity index (χ0v) is 16.3. The molecule has 0 aromatic heterocycles. The normalized spacial score (nSPS) is 18.7. The first-order chi connectivity index (χ1) is 12.9. The van der Waals surface area contributed by atoms with Crippen LogP contribution in [0.25, 0.3) is 0 Å². The van der Waals surface area contributed by atoms with Crippen molar-refractivity contribution in [3.05, 3.63) is 23.8 Å². The summed E-state index contributed by atoms with van der Waals surface area (Å²) in [6.45, 7) is 2.68. The number of carbonyl (C=O) groups is 1. The van der Waals surface area contributed by atoms with E-state index in [4.69, 9.17) is 4.74 Å². The lowest BCUT2D eigenvalue weighted by molar-refractivity contribution is -0.0512. The maximum Gasteiger partial charge on any atom is 0.387 e. The summed E-state index contributed by atoms with van der Waals surface area (Å²) in [4.78, 5) is 14.5. The predicted molar refractivity (Wildman–Crippen MR) is 100 cm³/mol. The Morgan fingerprint density at radius 3 is 2.74 bits per heavy atom. The lowest BCUT2D eigenvalue weighted by Crippen LogP contribution is -2.41. The number of hydrogen-bond acceptors (Lipinski definition) is 3. The van der Waals surface area contributed by atoms with E-state index in [9.17, 15) is 13.6 Å². The molecule has 152 valence electrons. The van der Waals surface area contributed by atoms with Crippen LogP contribution in [-0.2, 0) is 0 Å². The van der Waals surface area contributed by atoms with Crippen LogP contribution < -0.4 is 14.8 Å². The average Bonchev–Trinajstić information content (AvgIpc) is 2.87. The molecule has 2 rings (SSSR count). The zero-order chi connectivity index (χ0) is 19.8. The third-order valence-corrected chi connectivity index (χ3v) is 5.08. The number of nitrogens with one attached hydrogen (secondary N) is 1. The van der Waals surface area contributed by atoms with E-state index in [1.807, 2.05) is 11.8 Å². The van der Waals surface area contributed by atoms with Gasteiger partial charge in [0.2, 0.25) is 0 Å². The Kier molecular flexibility index (Phi) is 8.13. The van der Waals surface area contributed by atoms with Crippen molar-refractivity contribution in [3.63, 3.8) is 0 Å². The summed E-state index contributed by atoms with van der Waals surface area (Å²) < 4.78 is 34.5. The SMILES string of the molecule is CCC[C@@H]1CCCN(C(=O)N[C@H](C)c2ccc(OC(F)F)c(OC)c2)CC1. The van der Waals surface area contributed by atoms with Crippen LogP contribution in [0.15, 0.2) is 18.2 Å². The first-order valence-electron chi connectivity index (χ1n) is 9.62. The van der Waals surface area contributed by atoms with Crippen molar-refractivity contribution in [2.24, 2.45) is 5.92 Å². The molecule has 1 fully saturated rings. The first-order valence-corrected chi connectivity index (χ1v) is 9.62. The van der Waals surface area contributed by atoms with Gasteiger partial charge in [-0.15, -0.1) is 0 Å². The highest BCUT2D eigenvalue weighted by Gasteiger charge is 2.22. The van der Waals surface area contributed by atoms with E-state index in [-0.39, 0.29) is 23.6 Å². The second-order valence-corrected chi connectivity index (χ2v) is 7.03. The van der Waals surface area contributed by atoms with Gasteiger partial charge >= 0.3 is 12.6 Å². The van der Waals surface area contributed by atoms with Crippen molar-refractivity contribution in [1.29, 1.82) is 0 Å². The summed E-state index contributed by atoms with van der Waals surface area (Å²) >= 11 is 0. The van der Waals surface area contributed by atoms with E-state index in [2.05, 4.69) is 17.0 Å². The van der Waals surface area contributed by atoms with Crippen LogP contribution in [0.1, 0.15) is 57.6 Å². The lowest BCUT2D eigenvalue weighted by Gasteiger charge is -2.24. The number of likely N-dealkylation sites (tertiary alicyclic amines) is 1. The molecule has 1 heterocycles. The number of ether oxygens (including phenoxy) is 2. The second-order valence-electron chi connectivity index (χ2n) is 7.03. The van der Waals surface area contributed by atoms with Gasteiger partial charge in [-0.1, -0.05) is 25.8 Å². The fourth-order valence-corrected chi connectivity index (χ4v) is 3.57. The fraction of sp³-hybridized carbons (Fsp3) is 0.650. The number of alkyl halides is 2. The molecule has 27 heavy (non-hydrogen) atoms. The van der Waals surface area contributed by atoms with Crippen LogP contribution in [0.5, 0.6) is 11.5 Å². The molecule has 1 aliphatic rings. The van der Waals surface area contributed by atoms with E-state index in [1.54, 1.807) is 12.1 Å². The molecule has 0 radical (unpaired) electrons. The summed E-state index contributed by atoms with van der Waals surface area (Å²) in [7, 11) is 1.39. The lowest BCUT2D eigenvalue weighted by atomic mass is 9.96. The topological polar surface area (TPSA) is 50.8 Å². The average molecular weight is 384 g/mol. The number of urea groups is 1. The van der Waals surface area contributed by atoms with Gasteiger partial charge in [-0.05, 0) is 49.8 Å². The number of methoxy groups -OCH3 is 1. The fourth-order valence-electron chi connectivity index (χ4n) is 3.57. The Balaban J connectivity index is 1.97. The maximum absolute atomic E-state index is 12.6. The molecule has 0 unspecified atom stereocenters. The molecule has 0 bridgehead atoms. The summed E-state index contributed by atoms with van der Waals surface area (Å²) in [6, 6.07) is 4.34. The van der Waals surface area contributed by atoms with Gasteiger partial charge < -0.3 is 19.7 Å². The number of nitrogens with zero attached hydrogens (tertiary/aromatic N) is 1. The van der Waals surface area contributed by atoms with Gasteiger partial charge in [0.05, 0.1) is 13.2 Å². The van der Waals surface area contributed by atoms with Gasteiger partial charge in [-0.25, -0.2) is 4.79 Å². The van der Waals surface area contributed by atoms with Gasteiger partial charge in [0, 0.05) is 13.1 Å². The molecule has 1 saturated heterocycles. The second kappa shape index (κ2) is 10.3. The highest BCUT2D eigenvalue weighted by Crippen LogP contribution is 2.31. The minimum Gasteiger partial charge on any atom is -0.493 e. The molecule has 2 atom stereocenters. The van der Waals surface area contributed by atoms with Crippen molar-refractivity contribution in [1.82, 2.24) is 10.2 Å². The maximum atomic E-state index is 12.6. The number of rotatable bonds is 7. The molecule has 1 aliphatic heterocycles. The Labute approximate surface area is 160 Å². The van der Waals surface area contributed by atoms with Gasteiger partial charge in [0.25, 0.3) is 0 Å². The molecule has 0 saturated carbocycles. The molecular weight excluding hydrogens is 354 g/mol.